The Bertz CT molecular complexity index is 1070. The van der Waals surface area contributed by atoms with E-state index in [0.717, 1.165) is 18.2 Å². The van der Waals surface area contributed by atoms with Crippen LogP contribution >= 0.6 is 11.6 Å². The highest BCUT2D eigenvalue weighted by Gasteiger charge is 2.34. The molecule has 170 valence electrons. The number of morpholine rings is 1. The molecule has 2 aromatic carbocycles. The monoisotopic (exact) mass is 488 g/mol. The Morgan fingerprint density at radius 3 is 2.03 bits per heavy atom. The summed E-state index contributed by atoms with van der Waals surface area (Å²) < 4.78 is 111. The normalized spacial score (nSPS) is 15.8. The summed E-state index contributed by atoms with van der Waals surface area (Å²) >= 11 is 5.80. The van der Waals surface area contributed by atoms with E-state index in [0.29, 0.717) is 18.2 Å². The smallest absolute Gasteiger partial charge is 0.378 e. The Labute approximate surface area is 178 Å². The highest BCUT2D eigenvalue weighted by atomic mass is 35.5. The van der Waals surface area contributed by atoms with E-state index in [9.17, 15) is 34.8 Å². The van der Waals surface area contributed by atoms with Crippen LogP contribution in [-0.4, -0.2) is 34.7 Å². The average molecular weight is 489 g/mol. The van der Waals surface area contributed by atoms with Crippen LogP contribution in [0.15, 0.2) is 41.3 Å². The predicted octanol–water partition coefficient (Wildman–Crippen LogP) is 5.02. The van der Waals surface area contributed by atoms with E-state index in [-0.39, 0.29) is 32.0 Å². The maximum absolute atomic E-state index is 13.2. The highest BCUT2D eigenvalue weighted by Crippen LogP contribution is 2.38. The second-order valence-electron chi connectivity index (χ2n) is 6.58. The van der Waals surface area contributed by atoms with E-state index < -0.39 is 49.1 Å². The molecular formula is C18H15ClF6N2O3S. The number of halogens is 7. The van der Waals surface area contributed by atoms with Crippen molar-refractivity contribution in [3.05, 3.63) is 52.5 Å². The number of rotatable bonds is 4. The number of ether oxygens (including phenoxy) is 1. The van der Waals surface area contributed by atoms with Gasteiger partial charge < -0.3 is 9.64 Å². The van der Waals surface area contributed by atoms with E-state index in [2.05, 4.69) is 0 Å². The Morgan fingerprint density at radius 1 is 0.903 bits per heavy atom. The summed E-state index contributed by atoms with van der Waals surface area (Å²) in [6.07, 6.45) is -9.61. The molecule has 0 radical (unpaired) electrons. The van der Waals surface area contributed by atoms with Crippen LogP contribution in [0.25, 0.3) is 0 Å². The SMILES string of the molecule is O=S(=O)(Nc1cc(C(F)(F)F)ccc1N1CCOCC1)c1cc(C(F)(F)F)ccc1Cl. The second kappa shape index (κ2) is 8.40. The van der Waals surface area contributed by atoms with Crippen LogP contribution in [0.5, 0.6) is 0 Å². The molecule has 1 aliphatic heterocycles. The molecule has 0 amide bonds. The molecule has 1 heterocycles. The second-order valence-corrected chi connectivity index (χ2v) is 8.64. The number of nitrogens with zero attached hydrogens (tertiary/aromatic N) is 1. The van der Waals surface area contributed by atoms with E-state index in [1.165, 1.54) is 0 Å². The van der Waals surface area contributed by atoms with Gasteiger partial charge in [0.25, 0.3) is 10.0 Å². The molecule has 1 saturated heterocycles. The lowest BCUT2D eigenvalue weighted by atomic mass is 10.1. The van der Waals surface area contributed by atoms with E-state index in [1.807, 2.05) is 4.72 Å². The molecule has 3 rings (SSSR count). The summed E-state index contributed by atoms with van der Waals surface area (Å²) in [6.45, 7) is 1.11. The summed E-state index contributed by atoms with van der Waals surface area (Å²) in [4.78, 5) is 0.698. The number of hydrogen-bond acceptors (Lipinski definition) is 4. The maximum atomic E-state index is 13.2. The lowest BCUT2D eigenvalue weighted by Crippen LogP contribution is -2.36. The fourth-order valence-electron chi connectivity index (χ4n) is 2.96. The first kappa shape index (κ1) is 23.5. The molecule has 0 saturated carbocycles. The van der Waals surface area contributed by atoms with Crippen LogP contribution in [0.2, 0.25) is 5.02 Å². The zero-order valence-corrected chi connectivity index (χ0v) is 17.1. The van der Waals surface area contributed by atoms with Crippen LogP contribution in [0.3, 0.4) is 0 Å². The standard InChI is InChI=1S/C18H15ClF6N2O3S/c19-13-3-1-12(18(23,24)25)10-16(13)31(28,29)26-14-9-11(17(20,21)22)2-4-15(14)27-5-7-30-8-6-27/h1-4,9-10,26H,5-8H2. The van der Waals surface area contributed by atoms with E-state index in [1.54, 1.807) is 4.90 Å². The van der Waals surface area contributed by atoms with Gasteiger partial charge in [0.1, 0.15) is 4.90 Å². The molecule has 0 unspecified atom stereocenters. The summed E-state index contributed by atoms with van der Waals surface area (Å²) in [6, 6.07) is 4.16. The molecule has 0 aromatic heterocycles. The van der Waals surface area contributed by atoms with Gasteiger partial charge in [-0.2, -0.15) is 26.3 Å². The van der Waals surface area contributed by atoms with Gasteiger partial charge in [0.05, 0.1) is 40.7 Å². The number of sulfonamides is 1. The number of anilines is 2. The number of nitrogens with one attached hydrogen (secondary N) is 1. The summed E-state index contributed by atoms with van der Waals surface area (Å²) in [5.74, 6) is 0. The van der Waals surface area contributed by atoms with Gasteiger partial charge in [0, 0.05) is 13.1 Å². The first-order valence-electron chi connectivity index (χ1n) is 8.72. The topological polar surface area (TPSA) is 58.6 Å². The molecule has 5 nitrogen and oxygen atoms in total. The first-order valence-corrected chi connectivity index (χ1v) is 10.6. The van der Waals surface area contributed by atoms with Gasteiger partial charge in [0.2, 0.25) is 0 Å². The fourth-order valence-corrected chi connectivity index (χ4v) is 4.55. The zero-order chi connectivity index (χ0) is 23.0. The van der Waals surface area contributed by atoms with Crippen LogP contribution in [0.1, 0.15) is 11.1 Å². The highest BCUT2D eigenvalue weighted by molar-refractivity contribution is 7.92. The van der Waals surface area contributed by atoms with Crippen molar-refractivity contribution in [2.75, 3.05) is 35.9 Å². The molecule has 1 aliphatic rings. The van der Waals surface area contributed by atoms with Crippen molar-refractivity contribution >= 4 is 33.0 Å². The molecule has 0 bridgehead atoms. The number of hydrogen-bond donors (Lipinski definition) is 1. The van der Waals surface area contributed by atoms with Gasteiger partial charge in [-0.25, -0.2) is 8.42 Å². The molecular weight excluding hydrogens is 474 g/mol. The number of benzene rings is 2. The molecule has 31 heavy (non-hydrogen) atoms. The predicted molar refractivity (Wildman–Crippen MR) is 102 cm³/mol. The molecule has 13 heteroatoms. The average Bonchev–Trinajstić information content (AvgIpc) is 2.67. The summed E-state index contributed by atoms with van der Waals surface area (Å²) in [5, 5.41) is -0.514. The summed E-state index contributed by atoms with van der Waals surface area (Å²) in [5.41, 5.74) is -2.71. The van der Waals surface area contributed by atoms with Crippen molar-refractivity contribution in [2.45, 2.75) is 17.2 Å². The lowest BCUT2D eigenvalue weighted by Gasteiger charge is -2.31. The third-order valence-corrected chi connectivity index (χ3v) is 6.32. The van der Waals surface area contributed by atoms with Gasteiger partial charge in [-0.1, -0.05) is 11.6 Å². The van der Waals surface area contributed by atoms with Gasteiger partial charge in [-0.15, -0.1) is 0 Å². The minimum Gasteiger partial charge on any atom is -0.378 e. The van der Waals surface area contributed by atoms with Crippen LogP contribution < -0.4 is 9.62 Å². The zero-order valence-electron chi connectivity index (χ0n) is 15.5. The molecule has 0 atom stereocenters. The van der Waals surface area contributed by atoms with Gasteiger partial charge >= 0.3 is 12.4 Å². The van der Waals surface area contributed by atoms with Crippen LogP contribution in [0, 0.1) is 0 Å². The molecule has 0 aliphatic carbocycles. The van der Waals surface area contributed by atoms with Crippen molar-refractivity contribution < 1.29 is 39.5 Å². The number of alkyl halides is 6. The van der Waals surface area contributed by atoms with Crippen molar-refractivity contribution in [1.29, 1.82) is 0 Å². The Kier molecular flexibility index (Phi) is 6.36. The van der Waals surface area contributed by atoms with Gasteiger partial charge in [-0.3, -0.25) is 4.72 Å². The molecule has 0 spiro atoms. The van der Waals surface area contributed by atoms with Gasteiger partial charge in [0.15, 0.2) is 0 Å². The third-order valence-electron chi connectivity index (χ3n) is 4.47. The molecule has 1 N–H and O–H groups in total. The lowest BCUT2D eigenvalue weighted by molar-refractivity contribution is -0.138. The van der Waals surface area contributed by atoms with Crippen molar-refractivity contribution in [3.8, 4) is 0 Å². The summed E-state index contributed by atoms with van der Waals surface area (Å²) in [7, 11) is -4.76. The minimum atomic E-state index is -4.84. The largest absolute Gasteiger partial charge is 0.416 e. The first-order chi connectivity index (χ1) is 14.3. The van der Waals surface area contributed by atoms with Crippen LogP contribution in [-0.2, 0) is 27.1 Å². The van der Waals surface area contributed by atoms with E-state index in [4.69, 9.17) is 16.3 Å². The van der Waals surface area contributed by atoms with Crippen molar-refractivity contribution in [2.24, 2.45) is 0 Å². The van der Waals surface area contributed by atoms with Crippen molar-refractivity contribution in [1.82, 2.24) is 0 Å². The Balaban J connectivity index is 2.07. The Morgan fingerprint density at radius 2 is 1.45 bits per heavy atom. The quantitative estimate of drug-likeness (QED) is 0.614. The van der Waals surface area contributed by atoms with Crippen LogP contribution in [0.4, 0.5) is 37.7 Å². The molecule has 2 aromatic rings. The molecule has 1 fully saturated rings. The van der Waals surface area contributed by atoms with Crippen molar-refractivity contribution in [3.63, 3.8) is 0 Å². The minimum absolute atomic E-state index is 0.128. The Hall–Kier alpha value is -2.18. The van der Waals surface area contributed by atoms with E-state index >= 15 is 0 Å². The maximum Gasteiger partial charge on any atom is 0.416 e. The van der Waals surface area contributed by atoms with Gasteiger partial charge in [-0.05, 0) is 36.4 Å². The fraction of sp³-hybridized carbons (Fsp3) is 0.333. The third kappa shape index (κ3) is 5.36.